The summed E-state index contributed by atoms with van der Waals surface area (Å²) in [4.78, 5) is 1.92. The fraction of sp³-hybridized carbons (Fsp3) is 0.417. The monoisotopic (exact) mass is 241 g/mol. The average molecular weight is 241 g/mol. The molecule has 0 saturated heterocycles. The van der Waals surface area contributed by atoms with Crippen LogP contribution in [0.15, 0.2) is 18.2 Å². The molecule has 0 fully saturated rings. The van der Waals surface area contributed by atoms with Crippen LogP contribution in [-0.4, -0.2) is 23.8 Å². The lowest BCUT2D eigenvalue weighted by molar-refractivity contribution is 0.282. The number of hydrogen-bond donors (Lipinski definition) is 2. The first-order valence-electron chi connectivity index (χ1n) is 5.52. The van der Waals surface area contributed by atoms with Gasteiger partial charge >= 0.3 is 0 Å². The molecule has 17 heavy (non-hydrogen) atoms. The molecule has 0 aromatic heterocycles. The maximum absolute atomic E-state index is 13.4. The van der Waals surface area contributed by atoms with Crippen LogP contribution in [0.1, 0.15) is 18.9 Å². The standard InChI is InChI=1S/C12H17F2N3/c1-2-17(7-6-11(15)16)8-9-4-3-5-10(13)12(9)14/h3-5H,2,6-8H2,1H3,(H3,15,16). The topological polar surface area (TPSA) is 53.1 Å². The van der Waals surface area contributed by atoms with Gasteiger partial charge in [-0.25, -0.2) is 8.78 Å². The first kappa shape index (κ1) is 13.6. The number of nitrogens with zero attached hydrogens (tertiary/aromatic N) is 1. The quantitative estimate of drug-likeness (QED) is 0.592. The summed E-state index contributed by atoms with van der Waals surface area (Å²) in [6.45, 7) is 3.52. The van der Waals surface area contributed by atoms with Crippen molar-refractivity contribution in [1.82, 2.24) is 4.90 Å². The van der Waals surface area contributed by atoms with Crippen molar-refractivity contribution >= 4 is 5.84 Å². The van der Waals surface area contributed by atoms with Crippen LogP contribution in [0.25, 0.3) is 0 Å². The van der Waals surface area contributed by atoms with Gasteiger partial charge in [-0.3, -0.25) is 10.3 Å². The van der Waals surface area contributed by atoms with Crippen molar-refractivity contribution in [3.05, 3.63) is 35.4 Å². The molecule has 5 heteroatoms. The Balaban J connectivity index is 2.67. The zero-order valence-corrected chi connectivity index (χ0v) is 9.84. The Morgan fingerprint density at radius 2 is 2.12 bits per heavy atom. The van der Waals surface area contributed by atoms with E-state index in [-0.39, 0.29) is 5.84 Å². The van der Waals surface area contributed by atoms with Gasteiger partial charge in [-0.1, -0.05) is 19.1 Å². The highest BCUT2D eigenvalue weighted by Gasteiger charge is 2.11. The molecule has 1 aromatic rings. The molecule has 94 valence electrons. The third-order valence-electron chi connectivity index (χ3n) is 2.57. The van der Waals surface area contributed by atoms with Crippen LogP contribution in [0.3, 0.4) is 0 Å². The van der Waals surface area contributed by atoms with E-state index < -0.39 is 11.6 Å². The summed E-state index contributed by atoms with van der Waals surface area (Å²) >= 11 is 0. The van der Waals surface area contributed by atoms with Gasteiger partial charge in [-0.2, -0.15) is 0 Å². The minimum atomic E-state index is -0.829. The maximum atomic E-state index is 13.4. The molecule has 1 rings (SSSR count). The summed E-state index contributed by atoms with van der Waals surface area (Å²) < 4.78 is 26.4. The second-order valence-corrected chi connectivity index (χ2v) is 3.86. The Morgan fingerprint density at radius 3 is 2.71 bits per heavy atom. The van der Waals surface area contributed by atoms with Gasteiger partial charge in [0.05, 0.1) is 5.84 Å². The van der Waals surface area contributed by atoms with Crippen molar-refractivity contribution in [1.29, 1.82) is 5.41 Å². The minimum absolute atomic E-state index is 0.100. The number of benzene rings is 1. The molecule has 0 heterocycles. The second-order valence-electron chi connectivity index (χ2n) is 3.86. The SMILES string of the molecule is CCN(CCC(=N)N)Cc1cccc(F)c1F. The fourth-order valence-corrected chi connectivity index (χ4v) is 1.54. The summed E-state index contributed by atoms with van der Waals surface area (Å²) in [6.07, 6.45) is 0.435. The first-order valence-corrected chi connectivity index (χ1v) is 5.52. The molecule has 0 saturated carbocycles. The molecular formula is C12H17F2N3. The van der Waals surface area contributed by atoms with Crippen molar-refractivity contribution in [3.8, 4) is 0 Å². The van der Waals surface area contributed by atoms with Gasteiger partial charge in [0.1, 0.15) is 0 Å². The fourth-order valence-electron chi connectivity index (χ4n) is 1.54. The van der Waals surface area contributed by atoms with E-state index >= 15 is 0 Å². The van der Waals surface area contributed by atoms with Gasteiger partial charge in [-0.15, -0.1) is 0 Å². The Bertz CT molecular complexity index is 393. The minimum Gasteiger partial charge on any atom is -0.388 e. The van der Waals surface area contributed by atoms with Crippen LogP contribution in [0.2, 0.25) is 0 Å². The summed E-state index contributed by atoms with van der Waals surface area (Å²) in [5, 5.41) is 7.14. The molecule has 0 aliphatic heterocycles. The molecule has 0 radical (unpaired) electrons. The van der Waals surface area contributed by atoms with Crippen LogP contribution in [-0.2, 0) is 6.54 Å². The third-order valence-corrected chi connectivity index (χ3v) is 2.57. The lowest BCUT2D eigenvalue weighted by Crippen LogP contribution is -2.27. The molecule has 1 aromatic carbocycles. The van der Waals surface area contributed by atoms with Crippen LogP contribution < -0.4 is 5.73 Å². The van der Waals surface area contributed by atoms with Crippen molar-refractivity contribution < 1.29 is 8.78 Å². The van der Waals surface area contributed by atoms with Crippen LogP contribution >= 0.6 is 0 Å². The molecule has 0 unspecified atom stereocenters. The third kappa shape index (κ3) is 4.11. The molecule has 0 spiro atoms. The Kier molecular flexibility index (Phi) is 5.03. The largest absolute Gasteiger partial charge is 0.388 e. The highest BCUT2D eigenvalue weighted by molar-refractivity contribution is 5.76. The van der Waals surface area contributed by atoms with E-state index in [0.717, 1.165) is 6.07 Å². The number of nitrogens with two attached hydrogens (primary N) is 1. The smallest absolute Gasteiger partial charge is 0.163 e. The van der Waals surface area contributed by atoms with Gasteiger partial charge in [0.25, 0.3) is 0 Å². The lowest BCUT2D eigenvalue weighted by atomic mass is 10.2. The van der Waals surface area contributed by atoms with Crippen LogP contribution in [0.4, 0.5) is 8.78 Å². The number of rotatable bonds is 6. The van der Waals surface area contributed by atoms with Gasteiger partial charge in [0, 0.05) is 25.1 Å². The summed E-state index contributed by atoms with van der Waals surface area (Å²) in [7, 11) is 0. The average Bonchev–Trinajstić information content (AvgIpc) is 2.29. The maximum Gasteiger partial charge on any atom is 0.163 e. The van der Waals surface area contributed by atoms with E-state index in [9.17, 15) is 8.78 Å². The van der Waals surface area contributed by atoms with E-state index in [0.29, 0.717) is 31.6 Å². The number of amidine groups is 1. The summed E-state index contributed by atoms with van der Waals surface area (Å²) in [5.41, 5.74) is 5.59. The molecule has 3 nitrogen and oxygen atoms in total. The molecule has 0 amide bonds. The molecule has 0 bridgehead atoms. The van der Waals surface area contributed by atoms with Crippen molar-refractivity contribution in [2.24, 2.45) is 5.73 Å². The molecule has 3 N–H and O–H groups in total. The Morgan fingerprint density at radius 1 is 1.41 bits per heavy atom. The van der Waals surface area contributed by atoms with Gasteiger partial charge in [0.15, 0.2) is 11.6 Å². The number of nitrogens with one attached hydrogen (secondary N) is 1. The zero-order valence-electron chi connectivity index (χ0n) is 9.84. The van der Waals surface area contributed by atoms with Crippen molar-refractivity contribution in [2.75, 3.05) is 13.1 Å². The van der Waals surface area contributed by atoms with E-state index in [2.05, 4.69) is 0 Å². The van der Waals surface area contributed by atoms with E-state index in [4.69, 9.17) is 11.1 Å². The van der Waals surface area contributed by atoms with E-state index in [1.54, 1.807) is 6.07 Å². The van der Waals surface area contributed by atoms with Crippen molar-refractivity contribution in [2.45, 2.75) is 19.9 Å². The highest BCUT2D eigenvalue weighted by atomic mass is 19.2. The number of halogens is 2. The molecule has 0 aliphatic rings. The Hall–Kier alpha value is -1.49. The van der Waals surface area contributed by atoms with Gasteiger partial charge in [0.2, 0.25) is 0 Å². The lowest BCUT2D eigenvalue weighted by Gasteiger charge is -2.20. The van der Waals surface area contributed by atoms with Crippen LogP contribution in [0, 0.1) is 17.0 Å². The van der Waals surface area contributed by atoms with Crippen LogP contribution in [0.5, 0.6) is 0 Å². The summed E-state index contributed by atoms with van der Waals surface area (Å²) in [5.74, 6) is -1.53. The normalized spacial score (nSPS) is 10.8. The van der Waals surface area contributed by atoms with Gasteiger partial charge in [-0.05, 0) is 12.6 Å². The zero-order chi connectivity index (χ0) is 12.8. The Labute approximate surface area is 99.7 Å². The molecular weight excluding hydrogens is 224 g/mol. The van der Waals surface area contributed by atoms with Crippen molar-refractivity contribution in [3.63, 3.8) is 0 Å². The summed E-state index contributed by atoms with van der Waals surface area (Å²) in [6, 6.07) is 4.16. The second kappa shape index (κ2) is 6.30. The molecule has 0 atom stereocenters. The number of hydrogen-bond acceptors (Lipinski definition) is 2. The highest BCUT2D eigenvalue weighted by Crippen LogP contribution is 2.13. The predicted octanol–water partition coefficient (Wildman–Crippen LogP) is 2.11. The van der Waals surface area contributed by atoms with E-state index in [1.807, 2.05) is 11.8 Å². The van der Waals surface area contributed by atoms with Gasteiger partial charge < -0.3 is 5.73 Å². The predicted molar refractivity (Wildman–Crippen MR) is 63.8 cm³/mol. The molecule has 0 aliphatic carbocycles. The van der Waals surface area contributed by atoms with E-state index in [1.165, 1.54) is 6.07 Å². The first-order chi connectivity index (χ1) is 8.04.